The summed E-state index contributed by atoms with van der Waals surface area (Å²) in [6.45, 7) is 12.1. The third kappa shape index (κ3) is 2.97. The summed E-state index contributed by atoms with van der Waals surface area (Å²) < 4.78 is 0. The van der Waals surface area contributed by atoms with Gasteiger partial charge in [-0.2, -0.15) is 0 Å². The van der Waals surface area contributed by atoms with E-state index in [4.69, 9.17) is 0 Å². The maximum atomic E-state index is 10.9. The van der Waals surface area contributed by atoms with Crippen LogP contribution in [-0.4, -0.2) is 14.0 Å². The minimum atomic E-state index is -1.65. The highest BCUT2D eigenvalue weighted by atomic mass is 28.3. The van der Waals surface area contributed by atoms with E-state index in [1.54, 1.807) is 0 Å². The monoisotopic (exact) mass is 187 g/mol. The van der Waals surface area contributed by atoms with Crippen molar-refractivity contribution in [1.82, 2.24) is 0 Å². The fourth-order valence-corrected chi connectivity index (χ4v) is 5.31. The molecule has 0 saturated heterocycles. The molecule has 0 spiro atoms. The average molecular weight is 187 g/mol. The van der Waals surface area contributed by atoms with Gasteiger partial charge in [-0.25, -0.2) is 0 Å². The molecule has 0 fully saturated rings. The zero-order valence-electron chi connectivity index (χ0n) is 8.89. The van der Waals surface area contributed by atoms with Crippen molar-refractivity contribution < 1.29 is 9.90 Å². The van der Waals surface area contributed by atoms with Gasteiger partial charge < -0.3 is 9.90 Å². The van der Waals surface area contributed by atoms with Crippen LogP contribution < -0.4 is 5.11 Å². The molecule has 0 N–H and O–H groups in total. The molecule has 0 aliphatic carbocycles. The molecule has 0 aromatic carbocycles. The Hall–Kier alpha value is -0.313. The molecule has 3 heteroatoms. The van der Waals surface area contributed by atoms with Gasteiger partial charge in [0.2, 0.25) is 0 Å². The van der Waals surface area contributed by atoms with Crippen LogP contribution in [0.15, 0.2) is 0 Å². The molecule has 0 amide bonds. The van der Waals surface area contributed by atoms with E-state index in [0.717, 1.165) is 0 Å². The summed E-state index contributed by atoms with van der Waals surface area (Å²) in [7, 11) is -1.65. The molecule has 0 aliphatic heterocycles. The van der Waals surface area contributed by atoms with Crippen molar-refractivity contribution >= 4 is 14.0 Å². The van der Waals surface area contributed by atoms with E-state index in [1.807, 2.05) is 20.8 Å². The minimum absolute atomic E-state index is 0.177. The second kappa shape index (κ2) is 3.21. The van der Waals surface area contributed by atoms with Gasteiger partial charge in [0.25, 0.3) is 0 Å². The number of carbonyl (C=O) groups is 1. The van der Waals surface area contributed by atoms with Crippen LogP contribution in [-0.2, 0) is 4.79 Å². The van der Waals surface area contributed by atoms with E-state index in [2.05, 4.69) is 19.6 Å². The molecular formula is C9H19O2Si-. The predicted octanol–water partition coefficient (Wildman–Crippen LogP) is 1.49. The summed E-state index contributed by atoms with van der Waals surface area (Å²) in [5.41, 5.74) is -0.450. The first kappa shape index (κ1) is 11.7. The van der Waals surface area contributed by atoms with Crippen LogP contribution in [0.3, 0.4) is 0 Å². The Morgan fingerprint density at radius 1 is 1.25 bits per heavy atom. The Morgan fingerprint density at radius 3 is 1.58 bits per heavy atom. The number of hydrogen-bond donors (Lipinski definition) is 0. The molecule has 0 heterocycles. The van der Waals surface area contributed by atoms with Crippen molar-refractivity contribution in [2.24, 2.45) is 5.41 Å². The Kier molecular flexibility index (Phi) is 3.12. The fraction of sp³-hybridized carbons (Fsp3) is 0.889. The molecule has 0 rings (SSSR count). The van der Waals surface area contributed by atoms with Crippen molar-refractivity contribution in [3.8, 4) is 0 Å². The van der Waals surface area contributed by atoms with E-state index in [9.17, 15) is 9.90 Å². The van der Waals surface area contributed by atoms with Gasteiger partial charge in [-0.3, -0.25) is 0 Å². The number of hydrogen-bond acceptors (Lipinski definition) is 2. The van der Waals surface area contributed by atoms with Crippen molar-refractivity contribution in [2.45, 2.75) is 46.0 Å². The smallest absolute Gasteiger partial charge is 0.0543 e. The van der Waals surface area contributed by atoms with Crippen LogP contribution in [0.4, 0.5) is 0 Å². The quantitative estimate of drug-likeness (QED) is 0.614. The summed E-state index contributed by atoms with van der Waals surface area (Å²) >= 11 is 0. The lowest BCUT2D eigenvalue weighted by molar-refractivity contribution is -0.307. The van der Waals surface area contributed by atoms with Gasteiger partial charge in [0, 0.05) is 5.97 Å². The summed E-state index contributed by atoms with van der Waals surface area (Å²) in [4.78, 5) is 10.9. The highest BCUT2D eigenvalue weighted by Gasteiger charge is 2.36. The standard InChI is InChI=1S/C9H20O2Si/c1-9(2,3)7(8(10)11)12(4,5)6/h7H,1-6H3,(H,10,11)/p-1. The molecule has 0 bridgehead atoms. The SMILES string of the molecule is CC(C)(C)C(C(=O)[O-])[Si](C)(C)C. The van der Waals surface area contributed by atoms with Gasteiger partial charge in [-0.15, -0.1) is 0 Å². The molecule has 0 aromatic rings. The normalized spacial score (nSPS) is 15.8. The van der Waals surface area contributed by atoms with E-state index in [0.29, 0.717) is 0 Å². The molecule has 0 aromatic heterocycles. The maximum absolute atomic E-state index is 10.9. The van der Waals surface area contributed by atoms with Crippen LogP contribution in [0.25, 0.3) is 0 Å². The third-order valence-electron chi connectivity index (χ3n) is 1.97. The van der Waals surface area contributed by atoms with E-state index in [-0.39, 0.29) is 11.0 Å². The molecule has 12 heavy (non-hydrogen) atoms. The van der Waals surface area contributed by atoms with Crippen molar-refractivity contribution in [2.75, 3.05) is 0 Å². The minimum Gasteiger partial charge on any atom is -0.550 e. The summed E-state index contributed by atoms with van der Waals surface area (Å²) in [5.74, 6) is -0.887. The van der Waals surface area contributed by atoms with Gasteiger partial charge >= 0.3 is 0 Å². The van der Waals surface area contributed by atoms with Crippen LogP contribution >= 0.6 is 0 Å². The van der Waals surface area contributed by atoms with E-state index in [1.165, 1.54) is 0 Å². The fourth-order valence-electron chi connectivity index (χ4n) is 2.01. The van der Waals surface area contributed by atoms with Gasteiger partial charge in [-0.05, 0) is 11.0 Å². The summed E-state index contributed by atoms with van der Waals surface area (Å²) in [5, 5.41) is 10.9. The molecular weight excluding hydrogens is 168 g/mol. The molecule has 1 unspecified atom stereocenters. The van der Waals surface area contributed by atoms with Crippen molar-refractivity contribution in [3.63, 3.8) is 0 Å². The Labute approximate surface area is 76.0 Å². The number of rotatable bonds is 2. The first-order chi connectivity index (χ1) is 5.07. The predicted molar refractivity (Wildman–Crippen MR) is 51.6 cm³/mol. The topological polar surface area (TPSA) is 40.1 Å². The molecule has 0 radical (unpaired) electrons. The van der Waals surface area contributed by atoms with Gasteiger partial charge in [0.1, 0.15) is 0 Å². The first-order valence-corrected chi connectivity index (χ1v) is 7.85. The zero-order chi connectivity index (χ0) is 10.2. The van der Waals surface area contributed by atoms with E-state index < -0.39 is 14.0 Å². The van der Waals surface area contributed by atoms with Gasteiger partial charge in [0.05, 0.1) is 8.07 Å². The molecule has 0 aliphatic rings. The van der Waals surface area contributed by atoms with Crippen LogP contribution in [0.5, 0.6) is 0 Å². The molecule has 1 atom stereocenters. The van der Waals surface area contributed by atoms with Crippen molar-refractivity contribution in [1.29, 1.82) is 0 Å². The lowest BCUT2D eigenvalue weighted by atomic mass is 9.91. The molecule has 72 valence electrons. The lowest BCUT2D eigenvalue weighted by Crippen LogP contribution is -2.47. The number of carbonyl (C=O) groups excluding carboxylic acids is 1. The second-order valence-corrected chi connectivity index (χ2v) is 10.8. The average Bonchev–Trinajstić information content (AvgIpc) is 1.49. The Balaban J connectivity index is 4.82. The highest BCUT2D eigenvalue weighted by Crippen LogP contribution is 2.38. The summed E-state index contributed by atoms with van der Waals surface area (Å²) in [6.07, 6.45) is 0. The first-order valence-electron chi connectivity index (χ1n) is 4.27. The number of carboxylic acids is 1. The van der Waals surface area contributed by atoms with Crippen molar-refractivity contribution in [3.05, 3.63) is 0 Å². The van der Waals surface area contributed by atoms with E-state index >= 15 is 0 Å². The summed E-state index contributed by atoms with van der Waals surface area (Å²) in [6, 6.07) is 0. The maximum Gasteiger partial charge on any atom is 0.0543 e. The Bertz CT molecular complexity index is 160. The van der Waals surface area contributed by atoms with Gasteiger partial charge in [0.15, 0.2) is 0 Å². The van der Waals surface area contributed by atoms with Crippen LogP contribution in [0, 0.1) is 5.41 Å². The highest BCUT2D eigenvalue weighted by molar-refractivity contribution is 6.80. The van der Waals surface area contributed by atoms with Gasteiger partial charge in [-0.1, -0.05) is 40.4 Å². The Morgan fingerprint density at radius 2 is 1.58 bits per heavy atom. The lowest BCUT2D eigenvalue weighted by Gasteiger charge is -2.40. The molecule has 2 nitrogen and oxygen atoms in total. The molecule has 0 saturated carbocycles. The largest absolute Gasteiger partial charge is 0.550 e. The third-order valence-corrected chi connectivity index (χ3v) is 4.80. The second-order valence-electron chi connectivity index (χ2n) is 5.48. The number of carboxylic acid groups (broad SMARTS) is 1. The van der Waals surface area contributed by atoms with Crippen LogP contribution in [0.2, 0.25) is 25.2 Å². The number of aliphatic carboxylic acids is 1. The van der Waals surface area contributed by atoms with Crippen LogP contribution in [0.1, 0.15) is 20.8 Å². The zero-order valence-corrected chi connectivity index (χ0v) is 9.89.